The number of carbonyl (C=O) groups is 2. The van der Waals surface area contributed by atoms with Crippen LogP contribution >= 0.6 is 0 Å². The van der Waals surface area contributed by atoms with Crippen molar-refractivity contribution in [3.8, 4) is 0 Å². The van der Waals surface area contributed by atoms with Gasteiger partial charge >= 0.3 is 11.7 Å². The first-order chi connectivity index (χ1) is 8.73. The number of likely N-dealkylation sites (N-methyl/N-ethyl adjacent to an activating group) is 1. The number of carbonyl (C=O) groups excluding carboxylic acids is 1. The second-order valence-electron chi connectivity index (χ2n) is 3.60. The summed E-state index contributed by atoms with van der Waals surface area (Å²) in [7, 11) is 1.08. The minimum atomic E-state index is -1.38. The summed E-state index contributed by atoms with van der Waals surface area (Å²) >= 11 is 0. The Morgan fingerprint density at radius 2 is 1.95 bits per heavy atom. The highest BCUT2D eigenvalue weighted by atomic mass is 19.1. The van der Waals surface area contributed by atoms with Crippen LogP contribution in [0.1, 0.15) is 10.4 Å². The lowest BCUT2D eigenvalue weighted by molar-refractivity contribution is -0.387. The number of nitro benzene ring substituents is 1. The lowest BCUT2D eigenvalue weighted by Crippen LogP contribution is -2.32. The zero-order valence-corrected chi connectivity index (χ0v) is 9.59. The summed E-state index contributed by atoms with van der Waals surface area (Å²) in [6.45, 7) is -0.711. The van der Waals surface area contributed by atoms with E-state index in [1.54, 1.807) is 0 Å². The van der Waals surface area contributed by atoms with Crippen molar-refractivity contribution in [3.05, 3.63) is 39.4 Å². The van der Waals surface area contributed by atoms with Gasteiger partial charge < -0.3 is 10.0 Å². The molecule has 1 aromatic rings. The van der Waals surface area contributed by atoms with Crippen LogP contribution in [-0.2, 0) is 4.79 Å². The van der Waals surface area contributed by atoms with Gasteiger partial charge in [0.2, 0.25) is 5.82 Å². The van der Waals surface area contributed by atoms with Crippen LogP contribution in [0.3, 0.4) is 0 Å². The standard InChI is InChI=1S/C10H8F2N2O5/c1-13(4-9(15)16)10(17)5-2-7(12)8(14(18)19)3-6(5)11/h2-3H,4H2,1H3,(H,15,16). The van der Waals surface area contributed by atoms with Gasteiger partial charge in [-0.25, -0.2) is 4.39 Å². The van der Waals surface area contributed by atoms with Crippen LogP contribution in [-0.4, -0.2) is 40.4 Å². The van der Waals surface area contributed by atoms with Gasteiger partial charge in [-0.05, 0) is 6.07 Å². The van der Waals surface area contributed by atoms with Gasteiger partial charge in [-0.1, -0.05) is 0 Å². The van der Waals surface area contributed by atoms with Crippen LogP contribution < -0.4 is 0 Å². The van der Waals surface area contributed by atoms with Crippen LogP contribution in [0.2, 0.25) is 0 Å². The van der Waals surface area contributed by atoms with Crippen molar-refractivity contribution in [1.82, 2.24) is 4.90 Å². The molecule has 0 saturated carbocycles. The molecular weight excluding hydrogens is 266 g/mol. The summed E-state index contributed by atoms with van der Waals surface area (Å²) < 4.78 is 26.7. The van der Waals surface area contributed by atoms with Crippen LogP contribution in [0.4, 0.5) is 14.5 Å². The first-order valence-electron chi connectivity index (χ1n) is 4.84. The largest absolute Gasteiger partial charge is 0.480 e. The molecule has 1 amide bonds. The molecule has 0 aliphatic carbocycles. The van der Waals surface area contributed by atoms with Crippen molar-refractivity contribution in [2.45, 2.75) is 0 Å². The molecule has 0 spiro atoms. The SMILES string of the molecule is CN(CC(=O)O)C(=O)c1cc(F)c([N+](=O)[O-])cc1F. The molecule has 0 bridgehead atoms. The van der Waals surface area contributed by atoms with Crippen LogP contribution in [0.15, 0.2) is 12.1 Å². The van der Waals surface area contributed by atoms with E-state index in [0.717, 1.165) is 7.05 Å². The van der Waals surface area contributed by atoms with Crippen molar-refractivity contribution in [2.75, 3.05) is 13.6 Å². The van der Waals surface area contributed by atoms with E-state index in [-0.39, 0.29) is 6.07 Å². The molecule has 0 saturated heterocycles. The molecule has 0 heterocycles. The zero-order valence-electron chi connectivity index (χ0n) is 9.59. The molecule has 102 valence electrons. The number of benzene rings is 1. The molecule has 0 fully saturated rings. The van der Waals surface area contributed by atoms with E-state index in [1.807, 2.05) is 0 Å². The Morgan fingerprint density at radius 1 is 1.37 bits per heavy atom. The smallest absolute Gasteiger partial charge is 0.323 e. The highest BCUT2D eigenvalue weighted by molar-refractivity contribution is 5.96. The quantitative estimate of drug-likeness (QED) is 0.652. The first kappa shape index (κ1) is 14.5. The highest BCUT2D eigenvalue weighted by Gasteiger charge is 2.24. The van der Waals surface area contributed by atoms with Gasteiger partial charge in [0.1, 0.15) is 12.4 Å². The number of carboxylic acid groups (broad SMARTS) is 1. The average molecular weight is 274 g/mol. The molecule has 0 radical (unpaired) electrons. The molecule has 0 unspecified atom stereocenters. The summed E-state index contributed by atoms with van der Waals surface area (Å²) in [6, 6.07) is 0.644. The molecule has 0 aliphatic rings. The second kappa shape index (κ2) is 5.38. The van der Waals surface area contributed by atoms with E-state index in [4.69, 9.17) is 5.11 Å². The summed E-state index contributed by atoms with van der Waals surface area (Å²) in [6.07, 6.45) is 0. The van der Waals surface area contributed by atoms with Crippen LogP contribution in [0.25, 0.3) is 0 Å². The van der Waals surface area contributed by atoms with E-state index in [2.05, 4.69) is 0 Å². The zero-order chi connectivity index (χ0) is 14.7. The summed E-state index contributed by atoms with van der Waals surface area (Å²) in [5, 5.41) is 18.8. The molecule has 1 rings (SSSR count). The molecule has 7 nitrogen and oxygen atoms in total. The lowest BCUT2D eigenvalue weighted by atomic mass is 10.1. The predicted molar refractivity (Wildman–Crippen MR) is 57.6 cm³/mol. The fourth-order valence-electron chi connectivity index (χ4n) is 1.32. The van der Waals surface area contributed by atoms with E-state index < -0.39 is 46.2 Å². The molecule has 0 atom stereocenters. The fourth-order valence-corrected chi connectivity index (χ4v) is 1.32. The summed E-state index contributed by atoms with van der Waals surface area (Å²) in [5.74, 6) is -5.10. The molecule has 0 aliphatic heterocycles. The molecule has 1 aromatic carbocycles. The normalized spacial score (nSPS) is 10.1. The van der Waals surface area contributed by atoms with Gasteiger partial charge in [-0.15, -0.1) is 0 Å². The van der Waals surface area contributed by atoms with Gasteiger partial charge in [0.15, 0.2) is 0 Å². The maximum Gasteiger partial charge on any atom is 0.323 e. The molecule has 9 heteroatoms. The number of halogens is 2. The third-order valence-electron chi connectivity index (χ3n) is 2.18. The number of hydrogen-bond donors (Lipinski definition) is 1. The molecular formula is C10H8F2N2O5. The van der Waals surface area contributed by atoms with E-state index >= 15 is 0 Å². The minimum Gasteiger partial charge on any atom is -0.480 e. The molecule has 1 N–H and O–H groups in total. The van der Waals surface area contributed by atoms with Crippen molar-refractivity contribution >= 4 is 17.6 Å². The molecule has 0 aromatic heterocycles. The third kappa shape index (κ3) is 3.21. The minimum absolute atomic E-state index is 0.275. The van der Waals surface area contributed by atoms with Gasteiger partial charge in [0.05, 0.1) is 16.6 Å². The fraction of sp³-hybridized carbons (Fsp3) is 0.200. The van der Waals surface area contributed by atoms with Gasteiger partial charge in [-0.3, -0.25) is 19.7 Å². The summed E-state index contributed by atoms with van der Waals surface area (Å²) in [4.78, 5) is 31.9. The molecule has 19 heavy (non-hydrogen) atoms. The van der Waals surface area contributed by atoms with Gasteiger partial charge in [-0.2, -0.15) is 4.39 Å². The van der Waals surface area contributed by atoms with Gasteiger partial charge in [0.25, 0.3) is 5.91 Å². The van der Waals surface area contributed by atoms with E-state index in [0.29, 0.717) is 11.0 Å². The number of nitrogens with zero attached hydrogens (tertiary/aromatic N) is 2. The number of amides is 1. The monoisotopic (exact) mass is 274 g/mol. The Kier molecular flexibility index (Phi) is 4.10. The topological polar surface area (TPSA) is 101 Å². The number of hydrogen-bond acceptors (Lipinski definition) is 4. The van der Waals surface area contributed by atoms with Crippen molar-refractivity contribution < 1.29 is 28.4 Å². The Labute approximate surface area is 105 Å². The average Bonchev–Trinajstić information content (AvgIpc) is 2.29. The lowest BCUT2D eigenvalue weighted by Gasteiger charge is -2.14. The maximum absolute atomic E-state index is 13.5. The number of rotatable bonds is 4. The number of carboxylic acids is 1. The van der Waals surface area contributed by atoms with Crippen LogP contribution in [0.5, 0.6) is 0 Å². The first-order valence-corrected chi connectivity index (χ1v) is 4.84. The number of nitro groups is 1. The maximum atomic E-state index is 13.5. The second-order valence-corrected chi connectivity index (χ2v) is 3.60. The predicted octanol–water partition coefficient (Wildman–Crippen LogP) is 1.03. The Hall–Kier alpha value is -2.58. The Morgan fingerprint density at radius 3 is 2.42 bits per heavy atom. The van der Waals surface area contributed by atoms with Crippen molar-refractivity contribution in [3.63, 3.8) is 0 Å². The summed E-state index contributed by atoms with van der Waals surface area (Å²) in [5.41, 5.74) is -1.87. The number of aliphatic carboxylic acids is 1. The Bertz CT molecular complexity index is 561. The van der Waals surface area contributed by atoms with Crippen LogP contribution in [0, 0.1) is 21.7 Å². The van der Waals surface area contributed by atoms with Crippen molar-refractivity contribution in [2.24, 2.45) is 0 Å². The van der Waals surface area contributed by atoms with Gasteiger partial charge in [0, 0.05) is 7.05 Å². The van der Waals surface area contributed by atoms with E-state index in [1.165, 1.54) is 0 Å². The Balaban J connectivity index is 3.15. The highest BCUT2D eigenvalue weighted by Crippen LogP contribution is 2.22. The van der Waals surface area contributed by atoms with Crippen molar-refractivity contribution in [1.29, 1.82) is 0 Å². The third-order valence-corrected chi connectivity index (χ3v) is 2.18. The van der Waals surface area contributed by atoms with E-state index in [9.17, 15) is 28.5 Å².